The summed E-state index contributed by atoms with van der Waals surface area (Å²) >= 11 is 0. The number of aliphatic hydroxyl groups excluding tert-OH is 1. The second-order valence-electron chi connectivity index (χ2n) is 2.88. The highest BCUT2D eigenvalue weighted by atomic mass is 16.5. The molecular formula is C9H21NO3. The molecule has 13 heavy (non-hydrogen) atoms. The van der Waals surface area contributed by atoms with Crippen molar-refractivity contribution < 1.29 is 14.6 Å². The number of hydrogen-bond acceptors (Lipinski definition) is 4. The molecule has 0 aliphatic carbocycles. The van der Waals surface area contributed by atoms with Crippen molar-refractivity contribution in [1.82, 2.24) is 5.32 Å². The van der Waals surface area contributed by atoms with Crippen LogP contribution in [0.25, 0.3) is 0 Å². The minimum atomic E-state index is -0.400. The summed E-state index contributed by atoms with van der Waals surface area (Å²) in [4.78, 5) is 0. The van der Waals surface area contributed by atoms with Crippen LogP contribution in [0.2, 0.25) is 0 Å². The Balaban J connectivity index is 3.03. The van der Waals surface area contributed by atoms with Gasteiger partial charge in [0, 0.05) is 26.9 Å². The van der Waals surface area contributed by atoms with E-state index in [2.05, 4.69) is 5.32 Å². The molecule has 0 amide bonds. The van der Waals surface area contributed by atoms with Gasteiger partial charge in [-0.2, -0.15) is 0 Å². The molecule has 0 spiro atoms. The van der Waals surface area contributed by atoms with E-state index in [-0.39, 0.29) is 0 Å². The Kier molecular flexibility index (Phi) is 9.80. The zero-order chi connectivity index (χ0) is 9.94. The molecular weight excluding hydrogens is 170 g/mol. The minimum absolute atomic E-state index is 0.400. The van der Waals surface area contributed by atoms with Crippen molar-refractivity contribution in [2.75, 3.05) is 40.0 Å². The van der Waals surface area contributed by atoms with Crippen molar-refractivity contribution in [3.8, 4) is 0 Å². The van der Waals surface area contributed by atoms with E-state index >= 15 is 0 Å². The Labute approximate surface area is 80.2 Å². The normalized spacial score (nSPS) is 13.2. The molecule has 1 atom stereocenters. The maximum Gasteiger partial charge on any atom is 0.0897 e. The van der Waals surface area contributed by atoms with Crippen molar-refractivity contribution in [2.24, 2.45) is 0 Å². The van der Waals surface area contributed by atoms with Gasteiger partial charge < -0.3 is 19.9 Å². The Morgan fingerprint density at radius 2 is 2.15 bits per heavy atom. The van der Waals surface area contributed by atoms with Gasteiger partial charge in [-0.15, -0.1) is 0 Å². The first-order valence-corrected chi connectivity index (χ1v) is 4.76. The third kappa shape index (κ3) is 9.76. The van der Waals surface area contributed by atoms with Gasteiger partial charge in [0.15, 0.2) is 0 Å². The molecule has 0 saturated carbocycles. The zero-order valence-corrected chi connectivity index (χ0v) is 8.58. The van der Waals surface area contributed by atoms with Crippen LogP contribution in [-0.4, -0.2) is 51.2 Å². The second kappa shape index (κ2) is 9.92. The number of hydrogen-bond donors (Lipinski definition) is 2. The molecule has 2 N–H and O–H groups in total. The van der Waals surface area contributed by atoms with Crippen LogP contribution < -0.4 is 5.32 Å². The molecule has 0 bridgehead atoms. The van der Waals surface area contributed by atoms with E-state index in [0.717, 1.165) is 13.0 Å². The summed E-state index contributed by atoms with van der Waals surface area (Å²) in [5, 5.41) is 12.4. The molecule has 0 aliphatic heterocycles. The van der Waals surface area contributed by atoms with E-state index in [1.54, 1.807) is 7.11 Å². The lowest BCUT2D eigenvalue weighted by atomic mass is 10.4. The van der Waals surface area contributed by atoms with E-state index in [0.29, 0.717) is 26.4 Å². The molecule has 0 rings (SSSR count). The Morgan fingerprint density at radius 3 is 2.77 bits per heavy atom. The summed E-state index contributed by atoms with van der Waals surface area (Å²) in [5.74, 6) is 0. The topological polar surface area (TPSA) is 50.7 Å². The molecule has 4 nitrogen and oxygen atoms in total. The quantitative estimate of drug-likeness (QED) is 0.504. The van der Waals surface area contributed by atoms with Crippen molar-refractivity contribution in [3.05, 3.63) is 0 Å². The smallest absolute Gasteiger partial charge is 0.0897 e. The minimum Gasteiger partial charge on any atom is -0.389 e. The number of likely N-dealkylation sites (N-methyl/N-ethyl adjacent to an activating group) is 1. The number of nitrogens with one attached hydrogen (secondary N) is 1. The van der Waals surface area contributed by atoms with Crippen LogP contribution in [0, 0.1) is 0 Å². The molecule has 0 aromatic carbocycles. The van der Waals surface area contributed by atoms with E-state index in [9.17, 15) is 5.11 Å². The fourth-order valence-electron chi connectivity index (χ4n) is 0.895. The lowest BCUT2D eigenvalue weighted by Crippen LogP contribution is -2.30. The molecule has 0 aliphatic rings. The van der Waals surface area contributed by atoms with E-state index in [1.807, 2.05) is 6.92 Å². The van der Waals surface area contributed by atoms with Gasteiger partial charge in [-0.3, -0.25) is 0 Å². The zero-order valence-electron chi connectivity index (χ0n) is 8.58. The average molecular weight is 191 g/mol. The van der Waals surface area contributed by atoms with Gasteiger partial charge in [-0.05, 0) is 13.0 Å². The van der Waals surface area contributed by atoms with Gasteiger partial charge in [0.1, 0.15) is 0 Å². The lowest BCUT2D eigenvalue weighted by Gasteiger charge is -2.11. The van der Waals surface area contributed by atoms with Gasteiger partial charge >= 0.3 is 0 Å². The van der Waals surface area contributed by atoms with Crippen LogP contribution in [0.3, 0.4) is 0 Å². The second-order valence-corrected chi connectivity index (χ2v) is 2.88. The van der Waals surface area contributed by atoms with Crippen LogP contribution in [0.4, 0.5) is 0 Å². The maximum atomic E-state index is 9.32. The SMILES string of the molecule is CCNCC(O)COCCCOC. The third-order valence-electron chi connectivity index (χ3n) is 1.58. The molecule has 0 aromatic heterocycles. The predicted octanol–water partition coefficient (Wildman–Crippen LogP) is 0.00990. The average Bonchev–Trinajstić information content (AvgIpc) is 2.14. The fourth-order valence-corrected chi connectivity index (χ4v) is 0.895. The molecule has 0 saturated heterocycles. The van der Waals surface area contributed by atoms with Gasteiger partial charge in [-0.25, -0.2) is 0 Å². The summed E-state index contributed by atoms with van der Waals surface area (Å²) in [6.45, 7) is 5.24. The summed E-state index contributed by atoms with van der Waals surface area (Å²) < 4.78 is 10.1. The summed E-state index contributed by atoms with van der Waals surface area (Å²) in [5.41, 5.74) is 0. The van der Waals surface area contributed by atoms with Gasteiger partial charge in [-0.1, -0.05) is 6.92 Å². The molecule has 80 valence electrons. The summed E-state index contributed by atoms with van der Waals surface area (Å²) in [7, 11) is 1.67. The standard InChI is InChI=1S/C9H21NO3/c1-3-10-7-9(11)8-13-6-4-5-12-2/h9-11H,3-8H2,1-2H3. The first-order chi connectivity index (χ1) is 6.31. The summed E-state index contributed by atoms with van der Waals surface area (Å²) in [6, 6.07) is 0. The molecule has 0 aromatic rings. The van der Waals surface area contributed by atoms with Crippen molar-refractivity contribution in [2.45, 2.75) is 19.4 Å². The molecule has 0 fully saturated rings. The van der Waals surface area contributed by atoms with Crippen LogP contribution in [-0.2, 0) is 9.47 Å². The number of ether oxygens (including phenoxy) is 2. The van der Waals surface area contributed by atoms with Gasteiger partial charge in [0.25, 0.3) is 0 Å². The monoisotopic (exact) mass is 191 g/mol. The highest BCUT2D eigenvalue weighted by Gasteiger charge is 2.01. The molecule has 4 heteroatoms. The molecule has 0 heterocycles. The Morgan fingerprint density at radius 1 is 1.38 bits per heavy atom. The van der Waals surface area contributed by atoms with Crippen molar-refractivity contribution in [3.63, 3.8) is 0 Å². The van der Waals surface area contributed by atoms with Crippen LogP contribution >= 0.6 is 0 Å². The highest BCUT2D eigenvalue weighted by molar-refractivity contribution is 4.56. The summed E-state index contributed by atoms with van der Waals surface area (Å²) in [6.07, 6.45) is 0.479. The van der Waals surface area contributed by atoms with Gasteiger partial charge in [0.05, 0.1) is 12.7 Å². The first kappa shape index (κ1) is 12.8. The Bertz CT molecular complexity index is 101. The van der Waals surface area contributed by atoms with Crippen LogP contribution in [0.5, 0.6) is 0 Å². The van der Waals surface area contributed by atoms with E-state index in [4.69, 9.17) is 9.47 Å². The van der Waals surface area contributed by atoms with E-state index in [1.165, 1.54) is 0 Å². The number of methoxy groups -OCH3 is 1. The van der Waals surface area contributed by atoms with Gasteiger partial charge in [0.2, 0.25) is 0 Å². The molecule has 0 radical (unpaired) electrons. The van der Waals surface area contributed by atoms with E-state index < -0.39 is 6.10 Å². The largest absolute Gasteiger partial charge is 0.389 e. The maximum absolute atomic E-state index is 9.32. The fraction of sp³-hybridized carbons (Fsp3) is 1.00. The molecule has 1 unspecified atom stereocenters. The third-order valence-corrected chi connectivity index (χ3v) is 1.58. The van der Waals surface area contributed by atoms with Crippen molar-refractivity contribution in [1.29, 1.82) is 0 Å². The van der Waals surface area contributed by atoms with Crippen LogP contribution in [0.1, 0.15) is 13.3 Å². The highest BCUT2D eigenvalue weighted by Crippen LogP contribution is 1.87. The predicted molar refractivity (Wildman–Crippen MR) is 51.9 cm³/mol. The first-order valence-electron chi connectivity index (χ1n) is 4.76. The van der Waals surface area contributed by atoms with Crippen LogP contribution in [0.15, 0.2) is 0 Å². The number of rotatable bonds is 9. The lowest BCUT2D eigenvalue weighted by molar-refractivity contribution is 0.0292. The van der Waals surface area contributed by atoms with Crippen molar-refractivity contribution >= 4 is 0 Å². The number of aliphatic hydroxyl groups is 1. The Hall–Kier alpha value is -0.160.